The van der Waals surface area contributed by atoms with Gasteiger partial charge in [-0.25, -0.2) is 8.42 Å². The minimum absolute atomic E-state index is 0.283. The predicted octanol–water partition coefficient (Wildman–Crippen LogP) is 2.65. The van der Waals surface area contributed by atoms with Crippen LogP contribution in [0.1, 0.15) is 24.0 Å². The van der Waals surface area contributed by atoms with Crippen molar-refractivity contribution in [2.45, 2.75) is 24.3 Å². The first-order chi connectivity index (χ1) is 14.6. The van der Waals surface area contributed by atoms with Crippen molar-refractivity contribution < 1.29 is 13.2 Å². The summed E-state index contributed by atoms with van der Waals surface area (Å²) in [4.78, 5) is 4.53. The summed E-state index contributed by atoms with van der Waals surface area (Å²) in [6.45, 7) is 4.07. The highest BCUT2D eigenvalue weighted by Crippen LogP contribution is 2.38. The van der Waals surface area contributed by atoms with E-state index in [4.69, 9.17) is 10.1 Å². The molecular formula is C22H26N4O3S. The Balaban J connectivity index is 1.57. The van der Waals surface area contributed by atoms with Crippen LogP contribution in [0.15, 0.2) is 47.4 Å². The first-order valence-corrected chi connectivity index (χ1v) is 11.9. The fourth-order valence-electron chi connectivity index (χ4n) is 4.53. The second-order valence-electron chi connectivity index (χ2n) is 7.95. The van der Waals surface area contributed by atoms with E-state index in [0.29, 0.717) is 38.7 Å². The lowest BCUT2D eigenvalue weighted by Gasteiger charge is -2.29. The van der Waals surface area contributed by atoms with Crippen LogP contribution in [-0.4, -0.2) is 58.0 Å². The molecule has 0 spiro atoms. The Bertz CT molecular complexity index is 1070. The lowest BCUT2D eigenvalue weighted by molar-refractivity contribution is 0.0730. The lowest BCUT2D eigenvalue weighted by Crippen LogP contribution is -2.40. The van der Waals surface area contributed by atoms with Gasteiger partial charge in [-0.15, -0.1) is 0 Å². The zero-order chi connectivity index (χ0) is 20.7. The summed E-state index contributed by atoms with van der Waals surface area (Å²) >= 11 is 0. The predicted molar refractivity (Wildman–Crippen MR) is 117 cm³/mol. The van der Waals surface area contributed by atoms with Gasteiger partial charge in [0.25, 0.3) is 0 Å². The number of ether oxygens (including phenoxy) is 1. The number of nitrogens with one attached hydrogen (secondary N) is 1. The van der Waals surface area contributed by atoms with Crippen LogP contribution in [0.25, 0.3) is 0 Å². The molecule has 2 aromatic carbocycles. The molecule has 5 rings (SSSR count). The van der Waals surface area contributed by atoms with Crippen LogP contribution in [-0.2, 0) is 21.3 Å². The quantitative estimate of drug-likeness (QED) is 0.813. The lowest BCUT2D eigenvalue weighted by atomic mass is 10.1. The smallest absolute Gasteiger partial charge is 0.243 e. The molecule has 7 nitrogen and oxygen atoms in total. The van der Waals surface area contributed by atoms with Crippen molar-refractivity contribution in [3.05, 3.63) is 53.6 Å². The molecule has 1 N–H and O–H groups in total. The molecule has 3 aliphatic heterocycles. The van der Waals surface area contributed by atoms with Gasteiger partial charge in [0.1, 0.15) is 5.84 Å². The van der Waals surface area contributed by atoms with Crippen molar-refractivity contribution >= 4 is 27.2 Å². The van der Waals surface area contributed by atoms with E-state index in [0.717, 1.165) is 48.4 Å². The summed E-state index contributed by atoms with van der Waals surface area (Å²) in [5.41, 5.74) is 3.81. The summed E-state index contributed by atoms with van der Waals surface area (Å²) in [5, 5.41) is 8.75. The fourth-order valence-corrected chi connectivity index (χ4v) is 5.96. The second kappa shape index (κ2) is 7.68. The minimum atomic E-state index is -3.60. The van der Waals surface area contributed by atoms with E-state index >= 15 is 0 Å². The Morgan fingerprint density at radius 2 is 1.63 bits per heavy atom. The van der Waals surface area contributed by atoms with E-state index in [1.807, 2.05) is 35.2 Å². The highest BCUT2D eigenvalue weighted by atomic mass is 32.2. The summed E-state index contributed by atoms with van der Waals surface area (Å²) in [7, 11) is -3.60. The van der Waals surface area contributed by atoms with Gasteiger partial charge < -0.3 is 14.5 Å². The molecule has 3 heterocycles. The number of hydrogen-bond acceptors (Lipinski definition) is 5. The molecule has 0 aromatic heterocycles. The van der Waals surface area contributed by atoms with E-state index in [1.54, 1.807) is 12.1 Å². The van der Waals surface area contributed by atoms with Gasteiger partial charge in [0.05, 0.1) is 36.0 Å². The van der Waals surface area contributed by atoms with E-state index < -0.39 is 10.0 Å². The van der Waals surface area contributed by atoms with Gasteiger partial charge in [-0.3, -0.25) is 5.41 Å². The average Bonchev–Trinajstić information content (AvgIpc) is 3.43. The van der Waals surface area contributed by atoms with Gasteiger partial charge in [0, 0.05) is 31.7 Å². The molecule has 30 heavy (non-hydrogen) atoms. The second-order valence-corrected chi connectivity index (χ2v) is 9.89. The van der Waals surface area contributed by atoms with E-state index in [1.165, 1.54) is 4.31 Å². The SMILES string of the molecule is N=C1c2ccccc2CN1c1cc(S(=O)(=O)N2CCOCC2)ccc1N1CCCC1. The summed E-state index contributed by atoms with van der Waals surface area (Å²) < 4.78 is 33.4. The number of morpholine rings is 1. The average molecular weight is 427 g/mol. The molecule has 2 aromatic rings. The van der Waals surface area contributed by atoms with Crippen molar-refractivity contribution in [1.82, 2.24) is 4.31 Å². The van der Waals surface area contributed by atoms with Gasteiger partial charge >= 0.3 is 0 Å². The standard InChI is InChI=1S/C22H26N4O3S/c23-22-19-6-2-1-5-17(19)16-26(22)21-15-18(7-8-20(21)24-9-3-4-10-24)30(27,28)25-11-13-29-14-12-25/h1-2,5-8,15,23H,3-4,9-14,16H2. The van der Waals surface area contributed by atoms with Crippen LogP contribution in [0, 0.1) is 5.41 Å². The molecule has 8 heteroatoms. The fraction of sp³-hybridized carbons (Fsp3) is 0.409. The van der Waals surface area contributed by atoms with Crippen molar-refractivity contribution in [2.24, 2.45) is 0 Å². The molecular weight excluding hydrogens is 400 g/mol. The number of nitrogens with zero attached hydrogens (tertiary/aromatic N) is 3. The Labute approximate surface area is 177 Å². The van der Waals surface area contributed by atoms with Gasteiger partial charge in [0.15, 0.2) is 0 Å². The van der Waals surface area contributed by atoms with Gasteiger partial charge in [-0.1, -0.05) is 24.3 Å². The van der Waals surface area contributed by atoms with Gasteiger partial charge in [-0.2, -0.15) is 4.31 Å². The number of benzene rings is 2. The largest absolute Gasteiger partial charge is 0.379 e. The zero-order valence-electron chi connectivity index (χ0n) is 16.9. The number of hydrogen-bond donors (Lipinski definition) is 1. The number of anilines is 2. The van der Waals surface area contributed by atoms with Gasteiger partial charge in [0.2, 0.25) is 10.0 Å². The molecule has 2 saturated heterocycles. The summed E-state index contributed by atoms with van der Waals surface area (Å²) in [6.07, 6.45) is 2.26. The van der Waals surface area contributed by atoms with Gasteiger partial charge in [-0.05, 0) is 36.6 Å². The normalized spacial score (nSPS) is 20.1. The van der Waals surface area contributed by atoms with E-state index in [2.05, 4.69) is 4.90 Å². The van der Waals surface area contributed by atoms with Crippen LogP contribution in [0.4, 0.5) is 11.4 Å². The monoisotopic (exact) mass is 426 g/mol. The first-order valence-electron chi connectivity index (χ1n) is 10.5. The molecule has 0 unspecified atom stereocenters. The Hall–Kier alpha value is -2.42. The molecule has 158 valence electrons. The van der Waals surface area contributed by atoms with Crippen LogP contribution >= 0.6 is 0 Å². The number of fused-ring (bicyclic) bond motifs is 1. The van der Waals surface area contributed by atoms with Crippen molar-refractivity contribution in [3.8, 4) is 0 Å². The molecule has 0 atom stereocenters. The third-order valence-electron chi connectivity index (χ3n) is 6.16. The number of sulfonamides is 1. The Morgan fingerprint density at radius 3 is 2.37 bits per heavy atom. The highest BCUT2D eigenvalue weighted by Gasteiger charge is 2.32. The molecule has 2 fully saturated rings. The third-order valence-corrected chi connectivity index (χ3v) is 8.06. The molecule has 0 bridgehead atoms. The topological polar surface area (TPSA) is 76.9 Å². The van der Waals surface area contributed by atoms with Crippen LogP contribution in [0.5, 0.6) is 0 Å². The molecule has 0 aliphatic carbocycles. The van der Waals surface area contributed by atoms with Crippen molar-refractivity contribution in [3.63, 3.8) is 0 Å². The first kappa shape index (κ1) is 19.5. The Morgan fingerprint density at radius 1 is 0.900 bits per heavy atom. The molecule has 0 radical (unpaired) electrons. The number of amidine groups is 1. The maximum Gasteiger partial charge on any atom is 0.243 e. The highest BCUT2D eigenvalue weighted by molar-refractivity contribution is 7.89. The zero-order valence-corrected chi connectivity index (χ0v) is 17.7. The molecule has 0 saturated carbocycles. The van der Waals surface area contributed by atoms with Crippen LogP contribution < -0.4 is 9.80 Å². The maximum atomic E-state index is 13.3. The molecule has 3 aliphatic rings. The van der Waals surface area contributed by atoms with Crippen molar-refractivity contribution in [2.75, 3.05) is 49.2 Å². The minimum Gasteiger partial charge on any atom is -0.379 e. The third kappa shape index (κ3) is 3.29. The van der Waals surface area contributed by atoms with Crippen LogP contribution in [0.3, 0.4) is 0 Å². The van der Waals surface area contributed by atoms with Crippen LogP contribution in [0.2, 0.25) is 0 Å². The number of rotatable bonds is 4. The summed E-state index contributed by atoms with van der Waals surface area (Å²) in [6, 6.07) is 13.3. The van der Waals surface area contributed by atoms with Crippen molar-refractivity contribution in [1.29, 1.82) is 5.41 Å². The van der Waals surface area contributed by atoms with E-state index in [9.17, 15) is 8.42 Å². The molecule has 0 amide bonds. The Kier molecular flexibility index (Phi) is 5.00. The van der Waals surface area contributed by atoms with E-state index in [-0.39, 0.29) is 4.90 Å². The maximum absolute atomic E-state index is 13.3. The summed E-state index contributed by atoms with van der Waals surface area (Å²) in [5.74, 6) is 0.423.